The van der Waals surface area contributed by atoms with Gasteiger partial charge in [0.15, 0.2) is 0 Å². The topological polar surface area (TPSA) is 29.3 Å². The Labute approximate surface area is 90.7 Å². The number of nitrogens with two attached hydrogens (primary N) is 1. The zero-order valence-corrected chi connectivity index (χ0v) is 9.67. The molecule has 1 aromatic rings. The minimum atomic E-state index is 0.448. The lowest BCUT2D eigenvalue weighted by Crippen LogP contribution is -2.30. The van der Waals surface area contributed by atoms with Crippen LogP contribution in [0.5, 0.6) is 0 Å². The van der Waals surface area contributed by atoms with Crippen LogP contribution < -0.4 is 10.6 Å². The third-order valence-electron chi connectivity index (χ3n) is 2.26. The molecule has 0 unspecified atom stereocenters. The van der Waals surface area contributed by atoms with E-state index in [2.05, 4.69) is 25.7 Å². The fourth-order valence-corrected chi connectivity index (χ4v) is 1.78. The Morgan fingerprint density at radius 1 is 1.43 bits per heavy atom. The predicted molar refractivity (Wildman–Crippen MR) is 64.0 cm³/mol. The lowest BCUT2D eigenvalue weighted by molar-refractivity contribution is 0.705. The van der Waals surface area contributed by atoms with Crippen LogP contribution in [0.25, 0.3) is 0 Å². The highest BCUT2D eigenvalue weighted by molar-refractivity contribution is 6.31. The average Bonchev–Trinajstić information content (AvgIpc) is 2.09. The molecule has 3 heteroatoms. The number of anilines is 2. The molecule has 1 aromatic carbocycles. The van der Waals surface area contributed by atoms with Crippen LogP contribution >= 0.6 is 11.6 Å². The van der Waals surface area contributed by atoms with Crippen molar-refractivity contribution in [1.82, 2.24) is 0 Å². The van der Waals surface area contributed by atoms with Crippen LogP contribution in [0, 0.1) is 0 Å². The van der Waals surface area contributed by atoms with Crippen LogP contribution in [0.4, 0.5) is 11.4 Å². The van der Waals surface area contributed by atoms with E-state index in [-0.39, 0.29) is 0 Å². The Morgan fingerprint density at radius 3 is 2.50 bits per heavy atom. The van der Waals surface area contributed by atoms with Crippen molar-refractivity contribution in [2.45, 2.75) is 26.8 Å². The van der Waals surface area contributed by atoms with Crippen molar-refractivity contribution < 1.29 is 0 Å². The highest BCUT2D eigenvalue weighted by Gasteiger charge is 2.10. The molecule has 0 aromatic heterocycles. The van der Waals surface area contributed by atoms with Crippen LogP contribution in [-0.4, -0.2) is 12.6 Å². The van der Waals surface area contributed by atoms with Gasteiger partial charge in [-0.2, -0.15) is 0 Å². The number of benzene rings is 1. The van der Waals surface area contributed by atoms with Gasteiger partial charge in [0.05, 0.1) is 11.4 Å². The number of hydrogen-bond acceptors (Lipinski definition) is 2. The molecule has 14 heavy (non-hydrogen) atoms. The Hall–Kier alpha value is -0.890. The van der Waals surface area contributed by atoms with Gasteiger partial charge >= 0.3 is 0 Å². The molecule has 0 amide bonds. The fourth-order valence-electron chi connectivity index (χ4n) is 1.60. The summed E-state index contributed by atoms with van der Waals surface area (Å²) in [5.41, 5.74) is 7.72. The van der Waals surface area contributed by atoms with Gasteiger partial charge in [0.2, 0.25) is 0 Å². The molecule has 0 fully saturated rings. The van der Waals surface area contributed by atoms with E-state index in [1.165, 1.54) is 0 Å². The van der Waals surface area contributed by atoms with Gasteiger partial charge in [-0.15, -0.1) is 0 Å². The molecule has 0 atom stereocenters. The summed E-state index contributed by atoms with van der Waals surface area (Å²) in [5, 5.41) is 0.686. The van der Waals surface area contributed by atoms with Crippen molar-refractivity contribution in [3.8, 4) is 0 Å². The second kappa shape index (κ2) is 4.56. The van der Waals surface area contributed by atoms with Gasteiger partial charge in [-0.25, -0.2) is 0 Å². The van der Waals surface area contributed by atoms with Crippen LogP contribution in [0.2, 0.25) is 5.02 Å². The van der Waals surface area contributed by atoms with E-state index in [1.807, 2.05) is 12.1 Å². The number of nitrogen functional groups attached to an aromatic ring is 1. The Balaban J connectivity index is 3.04. The molecular weight excluding hydrogens is 196 g/mol. The number of hydrogen-bond donors (Lipinski definition) is 1. The second-order valence-electron chi connectivity index (χ2n) is 3.58. The SMILES string of the molecule is CCN(c1ccc(Cl)cc1N)C(C)C. The van der Waals surface area contributed by atoms with E-state index in [4.69, 9.17) is 17.3 Å². The predicted octanol–water partition coefficient (Wildman–Crippen LogP) is 3.16. The van der Waals surface area contributed by atoms with Gasteiger partial charge in [-0.05, 0) is 39.0 Å². The summed E-state index contributed by atoms with van der Waals surface area (Å²) in [5.74, 6) is 0. The molecule has 0 aliphatic carbocycles. The van der Waals surface area contributed by atoms with Gasteiger partial charge in [0.1, 0.15) is 0 Å². The van der Waals surface area contributed by atoms with Gasteiger partial charge in [-0.1, -0.05) is 11.6 Å². The monoisotopic (exact) mass is 212 g/mol. The first-order chi connectivity index (χ1) is 6.56. The van der Waals surface area contributed by atoms with Gasteiger partial charge < -0.3 is 10.6 Å². The molecule has 0 radical (unpaired) electrons. The molecule has 0 aliphatic rings. The first-order valence-corrected chi connectivity index (χ1v) is 5.25. The summed E-state index contributed by atoms with van der Waals surface area (Å²) in [6.45, 7) is 7.37. The molecule has 0 bridgehead atoms. The molecule has 0 heterocycles. The van der Waals surface area contributed by atoms with Crippen molar-refractivity contribution in [3.05, 3.63) is 23.2 Å². The van der Waals surface area contributed by atoms with Gasteiger partial charge in [0, 0.05) is 17.6 Å². The van der Waals surface area contributed by atoms with Gasteiger partial charge in [0.25, 0.3) is 0 Å². The van der Waals surface area contributed by atoms with Crippen molar-refractivity contribution >= 4 is 23.0 Å². The number of rotatable bonds is 3. The first-order valence-electron chi connectivity index (χ1n) is 4.88. The Morgan fingerprint density at radius 2 is 2.07 bits per heavy atom. The maximum atomic E-state index is 5.91. The lowest BCUT2D eigenvalue weighted by atomic mass is 10.2. The van der Waals surface area contributed by atoms with Gasteiger partial charge in [-0.3, -0.25) is 0 Å². The molecule has 0 spiro atoms. The van der Waals surface area contributed by atoms with Crippen molar-refractivity contribution in [2.75, 3.05) is 17.2 Å². The minimum Gasteiger partial charge on any atom is -0.397 e. The standard InChI is InChI=1S/C11H17ClN2/c1-4-14(8(2)3)11-6-5-9(12)7-10(11)13/h5-8H,4,13H2,1-3H3. The van der Waals surface area contributed by atoms with Crippen LogP contribution in [0.3, 0.4) is 0 Å². The summed E-state index contributed by atoms with van der Waals surface area (Å²) < 4.78 is 0. The fraction of sp³-hybridized carbons (Fsp3) is 0.455. The Bertz CT molecular complexity index is 310. The van der Waals surface area contributed by atoms with E-state index in [0.29, 0.717) is 11.1 Å². The largest absolute Gasteiger partial charge is 0.397 e. The van der Waals surface area contributed by atoms with E-state index >= 15 is 0 Å². The molecule has 0 saturated carbocycles. The third kappa shape index (κ3) is 2.32. The molecule has 2 N–H and O–H groups in total. The summed E-state index contributed by atoms with van der Waals surface area (Å²) in [6.07, 6.45) is 0. The average molecular weight is 213 g/mol. The van der Waals surface area contributed by atoms with Crippen LogP contribution in [0.1, 0.15) is 20.8 Å². The summed E-state index contributed by atoms with van der Waals surface area (Å²) in [7, 11) is 0. The summed E-state index contributed by atoms with van der Waals surface area (Å²) in [6, 6.07) is 6.09. The highest BCUT2D eigenvalue weighted by atomic mass is 35.5. The summed E-state index contributed by atoms with van der Waals surface area (Å²) in [4.78, 5) is 2.24. The zero-order chi connectivity index (χ0) is 10.7. The molecule has 0 saturated heterocycles. The molecule has 1 rings (SSSR count). The maximum Gasteiger partial charge on any atom is 0.0603 e. The minimum absolute atomic E-state index is 0.448. The normalized spacial score (nSPS) is 10.6. The Kier molecular flexibility index (Phi) is 3.64. The van der Waals surface area contributed by atoms with E-state index in [9.17, 15) is 0 Å². The molecule has 2 nitrogen and oxygen atoms in total. The molecule has 78 valence electrons. The lowest BCUT2D eigenvalue weighted by Gasteiger charge is -2.28. The van der Waals surface area contributed by atoms with E-state index in [1.54, 1.807) is 6.07 Å². The van der Waals surface area contributed by atoms with E-state index < -0.39 is 0 Å². The van der Waals surface area contributed by atoms with Crippen molar-refractivity contribution in [1.29, 1.82) is 0 Å². The van der Waals surface area contributed by atoms with Crippen LogP contribution in [-0.2, 0) is 0 Å². The zero-order valence-electron chi connectivity index (χ0n) is 8.92. The van der Waals surface area contributed by atoms with Crippen LogP contribution in [0.15, 0.2) is 18.2 Å². The first kappa shape index (κ1) is 11.2. The summed E-state index contributed by atoms with van der Waals surface area (Å²) >= 11 is 5.85. The number of nitrogens with zero attached hydrogens (tertiary/aromatic N) is 1. The quantitative estimate of drug-likeness (QED) is 0.780. The van der Waals surface area contributed by atoms with Crippen molar-refractivity contribution in [3.63, 3.8) is 0 Å². The maximum absolute atomic E-state index is 5.91. The molecular formula is C11H17ClN2. The second-order valence-corrected chi connectivity index (χ2v) is 4.02. The highest BCUT2D eigenvalue weighted by Crippen LogP contribution is 2.27. The smallest absolute Gasteiger partial charge is 0.0603 e. The van der Waals surface area contributed by atoms with Crippen molar-refractivity contribution in [2.24, 2.45) is 0 Å². The number of halogens is 1. The van der Waals surface area contributed by atoms with E-state index in [0.717, 1.165) is 17.9 Å². The third-order valence-corrected chi connectivity index (χ3v) is 2.50. The molecule has 0 aliphatic heterocycles.